The summed E-state index contributed by atoms with van der Waals surface area (Å²) in [4.78, 5) is 20.5. The molecule has 2 rings (SSSR count). The number of carbonyl (C=O) groups excluding carboxylic acids is 1. The second kappa shape index (κ2) is 10.5. The van der Waals surface area contributed by atoms with Crippen LogP contribution in [0.15, 0.2) is 48.1 Å². The van der Waals surface area contributed by atoms with Gasteiger partial charge in [0.1, 0.15) is 12.3 Å². The number of rotatable bonds is 10. The van der Waals surface area contributed by atoms with Crippen molar-refractivity contribution in [3.05, 3.63) is 54.1 Å². The number of benzene rings is 1. The SMILES string of the molecule is CCOC(=O)CCCCO/N=C(\Cn1ccnc1)c1cccc(C(F)(F)F)c1. The summed E-state index contributed by atoms with van der Waals surface area (Å²) in [6.45, 7) is 2.54. The number of aromatic nitrogens is 2. The molecule has 28 heavy (non-hydrogen) atoms. The standard InChI is InChI=1S/C19H22F3N3O3/c1-2-27-18(26)8-3-4-11-28-24-17(13-25-10-9-23-14-25)15-6-5-7-16(12-15)19(20,21)22/h5-7,9-10,12,14H,2-4,8,11,13H2,1H3/b24-17+. The quantitative estimate of drug-likeness (QED) is 0.263. The lowest BCUT2D eigenvalue weighted by Gasteiger charge is -2.11. The van der Waals surface area contributed by atoms with Gasteiger partial charge in [0.05, 0.1) is 25.0 Å². The molecule has 2 aromatic rings. The van der Waals surface area contributed by atoms with E-state index in [0.717, 1.165) is 12.1 Å². The van der Waals surface area contributed by atoms with Crippen molar-refractivity contribution < 1.29 is 27.5 Å². The molecule has 0 aliphatic carbocycles. The predicted octanol–water partition coefficient (Wildman–Crippen LogP) is 4.06. The van der Waals surface area contributed by atoms with Crippen LogP contribution in [0.3, 0.4) is 0 Å². The highest BCUT2D eigenvalue weighted by atomic mass is 19.4. The average molecular weight is 397 g/mol. The van der Waals surface area contributed by atoms with E-state index in [4.69, 9.17) is 9.57 Å². The summed E-state index contributed by atoms with van der Waals surface area (Å²) >= 11 is 0. The van der Waals surface area contributed by atoms with Crippen molar-refractivity contribution in [2.75, 3.05) is 13.2 Å². The maximum Gasteiger partial charge on any atom is 0.416 e. The monoisotopic (exact) mass is 397 g/mol. The van der Waals surface area contributed by atoms with E-state index in [-0.39, 0.29) is 25.5 Å². The lowest BCUT2D eigenvalue weighted by atomic mass is 10.1. The van der Waals surface area contributed by atoms with Crippen LogP contribution >= 0.6 is 0 Å². The van der Waals surface area contributed by atoms with Gasteiger partial charge in [0.15, 0.2) is 0 Å². The number of oxime groups is 1. The van der Waals surface area contributed by atoms with Gasteiger partial charge in [-0.05, 0) is 31.9 Å². The number of ether oxygens (including phenoxy) is 1. The Morgan fingerprint density at radius 3 is 2.79 bits per heavy atom. The van der Waals surface area contributed by atoms with Crippen molar-refractivity contribution in [1.29, 1.82) is 0 Å². The first-order valence-electron chi connectivity index (χ1n) is 8.88. The normalized spacial score (nSPS) is 12.1. The molecule has 0 unspecified atom stereocenters. The summed E-state index contributed by atoms with van der Waals surface area (Å²) in [5, 5.41) is 4.03. The number of unbranched alkanes of at least 4 members (excludes halogenated alkanes) is 1. The number of halogens is 3. The molecule has 9 heteroatoms. The highest BCUT2D eigenvalue weighted by Crippen LogP contribution is 2.29. The first-order valence-corrected chi connectivity index (χ1v) is 8.88. The highest BCUT2D eigenvalue weighted by Gasteiger charge is 2.30. The van der Waals surface area contributed by atoms with E-state index in [1.54, 1.807) is 36.3 Å². The summed E-state index contributed by atoms with van der Waals surface area (Å²) in [7, 11) is 0. The summed E-state index contributed by atoms with van der Waals surface area (Å²) in [5.74, 6) is -0.268. The molecular formula is C19H22F3N3O3. The molecule has 0 saturated carbocycles. The van der Waals surface area contributed by atoms with E-state index in [2.05, 4.69) is 10.1 Å². The number of carbonyl (C=O) groups is 1. The lowest BCUT2D eigenvalue weighted by molar-refractivity contribution is -0.143. The maximum absolute atomic E-state index is 13.0. The van der Waals surface area contributed by atoms with Gasteiger partial charge >= 0.3 is 12.1 Å². The molecule has 1 heterocycles. The third-order valence-corrected chi connectivity index (χ3v) is 3.76. The van der Waals surface area contributed by atoms with E-state index in [9.17, 15) is 18.0 Å². The number of alkyl halides is 3. The van der Waals surface area contributed by atoms with Crippen LogP contribution in [0.25, 0.3) is 0 Å². The van der Waals surface area contributed by atoms with Crippen LogP contribution in [0.1, 0.15) is 37.3 Å². The summed E-state index contributed by atoms with van der Waals surface area (Å²) in [6, 6.07) is 4.94. The fraction of sp³-hybridized carbons (Fsp3) is 0.421. The van der Waals surface area contributed by atoms with Crippen molar-refractivity contribution in [2.45, 2.75) is 38.9 Å². The zero-order valence-corrected chi connectivity index (χ0v) is 15.5. The smallest absolute Gasteiger partial charge is 0.416 e. The van der Waals surface area contributed by atoms with Crippen LogP contribution in [0.5, 0.6) is 0 Å². The largest absolute Gasteiger partial charge is 0.466 e. The van der Waals surface area contributed by atoms with E-state index in [1.165, 1.54) is 6.07 Å². The van der Waals surface area contributed by atoms with Crippen LogP contribution in [-0.2, 0) is 27.1 Å². The lowest BCUT2D eigenvalue weighted by Crippen LogP contribution is -2.13. The van der Waals surface area contributed by atoms with E-state index in [1.807, 2.05) is 0 Å². The zero-order valence-electron chi connectivity index (χ0n) is 15.5. The molecule has 0 N–H and O–H groups in total. The van der Waals surface area contributed by atoms with Gasteiger partial charge in [0.25, 0.3) is 0 Å². The number of esters is 1. The number of nitrogens with zero attached hydrogens (tertiary/aromatic N) is 3. The third kappa shape index (κ3) is 7.05. The maximum atomic E-state index is 13.0. The Balaban J connectivity index is 2.02. The minimum absolute atomic E-state index is 0.212. The van der Waals surface area contributed by atoms with Gasteiger partial charge < -0.3 is 14.1 Å². The van der Waals surface area contributed by atoms with Gasteiger partial charge in [0.2, 0.25) is 0 Å². The van der Waals surface area contributed by atoms with E-state index < -0.39 is 11.7 Å². The van der Waals surface area contributed by atoms with Crippen LogP contribution < -0.4 is 0 Å². The molecule has 152 valence electrons. The van der Waals surface area contributed by atoms with Gasteiger partial charge in [-0.25, -0.2) is 4.98 Å². The van der Waals surface area contributed by atoms with Gasteiger partial charge in [-0.3, -0.25) is 4.79 Å². The predicted molar refractivity (Wildman–Crippen MR) is 96.6 cm³/mol. The minimum atomic E-state index is -4.44. The molecule has 0 bridgehead atoms. The topological polar surface area (TPSA) is 65.7 Å². The molecule has 0 aliphatic heterocycles. The van der Waals surface area contributed by atoms with Gasteiger partial charge in [-0.15, -0.1) is 0 Å². The van der Waals surface area contributed by atoms with Crippen molar-refractivity contribution in [3.63, 3.8) is 0 Å². The fourth-order valence-corrected chi connectivity index (χ4v) is 2.39. The first-order chi connectivity index (χ1) is 13.4. The molecule has 1 aromatic carbocycles. The number of imidazole rings is 1. The van der Waals surface area contributed by atoms with Crippen LogP contribution in [0.4, 0.5) is 13.2 Å². The summed E-state index contributed by atoms with van der Waals surface area (Å²) in [5.41, 5.74) is -0.0951. The second-order valence-electron chi connectivity index (χ2n) is 5.95. The van der Waals surface area contributed by atoms with Crippen LogP contribution in [0, 0.1) is 0 Å². The molecule has 0 saturated heterocycles. The van der Waals surface area contributed by atoms with Gasteiger partial charge in [-0.1, -0.05) is 17.3 Å². The summed E-state index contributed by atoms with van der Waals surface area (Å²) < 4.78 is 45.5. The molecule has 0 amide bonds. The molecule has 0 fully saturated rings. The van der Waals surface area contributed by atoms with Crippen molar-refractivity contribution in [2.24, 2.45) is 5.16 Å². The Morgan fingerprint density at radius 2 is 2.11 bits per heavy atom. The fourth-order valence-electron chi connectivity index (χ4n) is 2.39. The second-order valence-corrected chi connectivity index (χ2v) is 5.95. The molecule has 0 aliphatic rings. The van der Waals surface area contributed by atoms with Crippen LogP contribution in [-0.4, -0.2) is 34.4 Å². The first kappa shape index (κ1) is 21.5. The molecule has 1 aromatic heterocycles. The Labute approximate surface area is 161 Å². The summed E-state index contributed by atoms with van der Waals surface area (Å²) in [6.07, 6.45) is 1.80. The van der Waals surface area contributed by atoms with Crippen molar-refractivity contribution in [3.8, 4) is 0 Å². The van der Waals surface area contributed by atoms with Crippen LogP contribution in [0.2, 0.25) is 0 Å². The van der Waals surface area contributed by atoms with Crippen molar-refractivity contribution in [1.82, 2.24) is 9.55 Å². The van der Waals surface area contributed by atoms with E-state index >= 15 is 0 Å². The third-order valence-electron chi connectivity index (χ3n) is 3.76. The molecule has 0 spiro atoms. The molecule has 0 radical (unpaired) electrons. The molecule has 0 atom stereocenters. The van der Waals surface area contributed by atoms with Crippen molar-refractivity contribution >= 4 is 11.7 Å². The Kier molecular flexibility index (Phi) is 8.03. The average Bonchev–Trinajstić information content (AvgIpc) is 3.16. The van der Waals surface area contributed by atoms with E-state index in [0.29, 0.717) is 30.7 Å². The zero-order chi connectivity index (χ0) is 20.4. The Morgan fingerprint density at radius 1 is 1.29 bits per heavy atom. The van der Waals surface area contributed by atoms with Gasteiger partial charge in [0, 0.05) is 24.4 Å². The Hall–Kier alpha value is -2.84. The highest BCUT2D eigenvalue weighted by molar-refractivity contribution is 6.00. The molecular weight excluding hydrogens is 375 g/mol. The number of hydrogen-bond acceptors (Lipinski definition) is 5. The molecule has 6 nitrogen and oxygen atoms in total. The minimum Gasteiger partial charge on any atom is -0.466 e. The Bertz CT molecular complexity index is 774. The number of hydrogen-bond donors (Lipinski definition) is 0. The van der Waals surface area contributed by atoms with Gasteiger partial charge in [-0.2, -0.15) is 13.2 Å².